The molecule has 0 unspecified atom stereocenters. The van der Waals surface area contributed by atoms with Crippen LogP contribution in [0.5, 0.6) is 0 Å². The molecule has 0 spiro atoms. The van der Waals surface area contributed by atoms with Crippen molar-refractivity contribution in [1.82, 2.24) is 30.1 Å². The Bertz CT molecular complexity index is 1850. The molecule has 0 radical (unpaired) electrons. The Labute approximate surface area is 229 Å². The molecule has 1 aliphatic carbocycles. The van der Waals surface area contributed by atoms with Crippen LogP contribution < -0.4 is 5.32 Å². The molecule has 40 heavy (non-hydrogen) atoms. The Morgan fingerprint density at radius 1 is 0.875 bits per heavy atom. The molecule has 0 atom stereocenters. The van der Waals surface area contributed by atoms with E-state index < -0.39 is 0 Å². The van der Waals surface area contributed by atoms with Crippen LogP contribution in [0.2, 0.25) is 0 Å². The molecule has 0 bridgehead atoms. The third-order valence-corrected chi connectivity index (χ3v) is 7.64. The Morgan fingerprint density at radius 3 is 2.55 bits per heavy atom. The highest BCUT2D eigenvalue weighted by Gasteiger charge is 2.21. The lowest BCUT2D eigenvalue weighted by Gasteiger charge is -2.20. The van der Waals surface area contributed by atoms with E-state index >= 15 is 0 Å². The molecule has 7 rings (SSSR count). The Hall–Kier alpha value is -4.92. The molecule has 1 amide bonds. The number of nitrogens with zero attached hydrogens (tertiary/aromatic N) is 4. The molecule has 9 heteroatoms. The van der Waals surface area contributed by atoms with Crippen LogP contribution in [0.1, 0.15) is 32.1 Å². The number of halogens is 1. The summed E-state index contributed by atoms with van der Waals surface area (Å²) in [5.41, 5.74) is 7.76. The summed E-state index contributed by atoms with van der Waals surface area (Å²) < 4.78 is 13.5. The van der Waals surface area contributed by atoms with Crippen molar-refractivity contribution in [1.29, 1.82) is 0 Å². The second kappa shape index (κ2) is 10.00. The van der Waals surface area contributed by atoms with Gasteiger partial charge in [-0.05, 0) is 54.8 Å². The van der Waals surface area contributed by atoms with Crippen LogP contribution in [-0.2, 0) is 4.79 Å². The van der Waals surface area contributed by atoms with Crippen LogP contribution in [0.4, 0.5) is 10.1 Å². The maximum absolute atomic E-state index is 13.5. The second-order valence-corrected chi connectivity index (χ2v) is 10.3. The average Bonchev–Trinajstić information content (AvgIpc) is 3.62. The lowest BCUT2D eigenvalue weighted by atomic mass is 9.88. The third-order valence-electron chi connectivity index (χ3n) is 7.64. The summed E-state index contributed by atoms with van der Waals surface area (Å²) in [7, 11) is 0. The van der Waals surface area contributed by atoms with Gasteiger partial charge in [-0.1, -0.05) is 31.4 Å². The first-order chi connectivity index (χ1) is 19.6. The molecule has 1 saturated carbocycles. The number of rotatable bonds is 5. The lowest BCUT2D eigenvalue weighted by molar-refractivity contribution is -0.120. The number of hydrogen-bond acceptors (Lipinski definition) is 5. The van der Waals surface area contributed by atoms with Crippen molar-refractivity contribution >= 4 is 33.5 Å². The summed E-state index contributed by atoms with van der Waals surface area (Å²) in [6, 6.07) is 14.2. The van der Waals surface area contributed by atoms with Gasteiger partial charge >= 0.3 is 0 Å². The standard InChI is InChI=1S/C31H26FN7O/c32-21-8-6-18(7-9-21)24-16-34-17-28-23(24)13-27(36-28)30-29-26(38-39-30)11-10-25(37-29)20-12-22(15-33-14-20)35-31(40)19-4-2-1-3-5-19/h6-17,19,36H,1-5H2,(H,35,40)(H,38,39). The molecule has 0 saturated heterocycles. The number of carbonyl (C=O) groups excluding carboxylic acids is 1. The molecule has 6 aromatic rings. The van der Waals surface area contributed by atoms with Crippen LogP contribution in [0.3, 0.4) is 0 Å². The van der Waals surface area contributed by atoms with Gasteiger partial charge in [-0.2, -0.15) is 5.10 Å². The molecular formula is C31H26FN7O. The Kier molecular flexibility index (Phi) is 6.03. The zero-order valence-corrected chi connectivity index (χ0v) is 21.6. The van der Waals surface area contributed by atoms with Crippen LogP contribution >= 0.6 is 0 Å². The van der Waals surface area contributed by atoms with Gasteiger partial charge < -0.3 is 10.3 Å². The predicted octanol–water partition coefficient (Wildman–Crippen LogP) is 6.89. The summed E-state index contributed by atoms with van der Waals surface area (Å²) in [4.78, 5) is 29.9. The molecule has 1 fully saturated rings. The smallest absolute Gasteiger partial charge is 0.227 e. The van der Waals surface area contributed by atoms with Crippen molar-refractivity contribution in [3.8, 4) is 33.8 Å². The van der Waals surface area contributed by atoms with E-state index in [0.29, 0.717) is 16.9 Å². The number of carbonyl (C=O) groups is 1. The molecule has 5 heterocycles. The summed E-state index contributed by atoms with van der Waals surface area (Å²) in [5.74, 6) is -0.154. The highest BCUT2D eigenvalue weighted by atomic mass is 19.1. The number of amides is 1. The van der Waals surface area contributed by atoms with Gasteiger partial charge in [0.1, 0.15) is 17.0 Å². The molecule has 1 aromatic carbocycles. The maximum Gasteiger partial charge on any atom is 0.227 e. The topological polar surface area (TPSA) is 112 Å². The molecule has 0 aliphatic heterocycles. The van der Waals surface area contributed by atoms with Crippen molar-refractivity contribution in [2.75, 3.05) is 5.32 Å². The highest BCUT2D eigenvalue weighted by Crippen LogP contribution is 2.34. The number of anilines is 1. The van der Waals surface area contributed by atoms with Crippen molar-refractivity contribution in [3.63, 3.8) is 0 Å². The average molecular weight is 532 g/mol. The summed E-state index contributed by atoms with van der Waals surface area (Å²) in [6.07, 6.45) is 12.2. The number of fused-ring (bicyclic) bond motifs is 2. The van der Waals surface area contributed by atoms with Gasteiger partial charge in [0.25, 0.3) is 0 Å². The van der Waals surface area contributed by atoms with Crippen LogP contribution in [0.15, 0.2) is 73.3 Å². The number of aromatic amines is 2. The van der Waals surface area contributed by atoms with E-state index in [1.807, 2.05) is 24.3 Å². The van der Waals surface area contributed by atoms with E-state index in [-0.39, 0.29) is 17.6 Å². The monoisotopic (exact) mass is 531 g/mol. The minimum atomic E-state index is -0.282. The molecule has 5 aromatic heterocycles. The molecule has 8 nitrogen and oxygen atoms in total. The fraction of sp³-hybridized carbons (Fsp3) is 0.194. The predicted molar refractivity (Wildman–Crippen MR) is 153 cm³/mol. The van der Waals surface area contributed by atoms with E-state index in [2.05, 4.69) is 30.5 Å². The normalized spacial score (nSPS) is 14.1. The molecule has 198 valence electrons. The van der Waals surface area contributed by atoms with Gasteiger partial charge in [-0.25, -0.2) is 9.37 Å². The SMILES string of the molecule is O=C(Nc1cncc(-c2ccc3[nH]nc(-c4cc5c(-c6ccc(F)cc6)cncc5[nH]4)c3n2)c1)C1CCCCC1. The first-order valence-corrected chi connectivity index (χ1v) is 13.5. The van der Waals surface area contributed by atoms with Crippen LogP contribution in [0.25, 0.3) is 55.7 Å². The highest BCUT2D eigenvalue weighted by molar-refractivity contribution is 6.00. The van der Waals surface area contributed by atoms with E-state index in [4.69, 9.17) is 4.98 Å². The third kappa shape index (κ3) is 4.49. The molecule has 3 N–H and O–H groups in total. The van der Waals surface area contributed by atoms with Gasteiger partial charge in [0.15, 0.2) is 0 Å². The quantitative estimate of drug-likeness (QED) is 0.224. The number of hydrogen-bond donors (Lipinski definition) is 3. The fourth-order valence-corrected chi connectivity index (χ4v) is 5.54. The minimum absolute atomic E-state index is 0.0625. The Morgan fingerprint density at radius 2 is 1.70 bits per heavy atom. The van der Waals surface area contributed by atoms with Gasteiger partial charge in [-0.15, -0.1) is 0 Å². The lowest BCUT2D eigenvalue weighted by Crippen LogP contribution is -2.24. The van der Waals surface area contributed by atoms with Gasteiger partial charge in [0.2, 0.25) is 5.91 Å². The number of aromatic nitrogens is 6. The van der Waals surface area contributed by atoms with Crippen molar-refractivity contribution in [3.05, 3.63) is 79.1 Å². The van der Waals surface area contributed by atoms with Crippen molar-refractivity contribution in [2.24, 2.45) is 5.92 Å². The van der Waals surface area contributed by atoms with E-state index in [9.17, 15) is 9.18 Å². The number of H-pyrrole nitrogens is 2. The Balaban J connectivity index is 1.22. The van der Waals surface area contributed by atoms with Crippen LogP contribution in [-0.4, -0.2) is 36.0 Å². The first kappa shape index (κ1) is 24.1. The summed E-state index contributed by atoms with van der Waals surface area (Å²) in [5, 5.41) is 11.6. The second-order valence-electron chi connectivity index (χ2n) is 10.3. The number of pyridine rings is 3. The zero-order chi connectivity index (χ0) is 27.1. The van der Waals surface area contributed by atoms with E-state index in [1.165, 1.54) is 18.6 Å². The largest absolute Gasteiger partial charge is 0.352 e. The van der Waals surface area contributed by atoms with Gasteiger partial charge in [0, 0.05) is 34.8 Å². The minimum Gasteiger partial charge on any atom is -0.352 e. The molecular weight excluding hydrogens is 505 g/mol. The first-order valence-electron chi connectivity index (χ1n) is 13.5. The number of benzene rings is 1. The summed E-state index contributed by atoms with van der Waals surface area (Å²) >= 11 is 0. The molecule has 1 aliphatic rings. The van der Waals surface area contributed by atoms with Gasteiger partial charge in [-0.3, -0.25) is 19.9 Å². The van der Waals surface area contributed by atoms with E-state index in [1.54, 1.807) is 36.9 Å². The fourth-order valence-electron chi connectivity index (χ4n) is 5.54. The van der Waals surface area contributed by atoms with Gasteiger partial charge in [0.05, 0.1) is 40.5 Å². The summed E-state index contributed by atoms with van der Waals surface area (Å²) in [6.45, 7) is 0. The van der Waals surface area contributed by atoms with Crippen molar-refractivity contribution < 1.29 is 9.18 Å². The van der Waals surface area contributed by atoms with E-state index in [0.717, 1.165) is 70.2 Å². The van der Waals surface area contributed by atoms with Crippen molar-refractivity contribution in [2.45, 2.75) is 32.1 Å². The zero-order valence-electron chi connectivity index (χ0n) is 21.6. The van der Waals surface area contributed by atoms with Crippen LogP contribution in [0, 0.1) is 11.7 Å². The number of nitrogens with one attached hydrogen (secondary N) is 3. The maximum atomic E-state index is 13.5.